The van der Waals surface area contributed by atoms with Crippen LogP contribution in [0.4, 0.5) is 0 Å². The van der Waals surface area contributed by atoms with E-state index in [1.54, 1.807) is 0 Å². The number of fused-ring (bicyclic) bond motifs is 7. The highest BCUT2D eigenvalue weighted by molar-refractivity contribution is 6.16. The summed E-state index contributed by atoms with van der Waals surface area (Å²) < 4.78 is 6.80. The molecule has 12 aromatic carbocycles. The Hall–Kier alpha value is -9.56. The standard InChI is InChI=1S/C89H80O/c1-85(2,3)71-37-28-58(29-38-71)65-48-66(59-30-39-72(40-31-59)86(4,5)6)51-69(50-65)62-22-18-24-75(54-62)89(79-46-47-82-84(78-26-16-17-27-81(78)90-82)83(79)77-45-36-64(56-80(77)89)57-20-14-13-15-21-57)76-25-19-23-63(55-76)70-52-67(60-32-41-73(42-33-60)87(7,8)9)49-68(53-70)61-34-43-74(44-35-61)88(10,11)12/h13-56H,1-12H3. The number of furan rings is 1. The summed E-state index contributed by atoms with van der Waals surface area (Å²) in [5, 5.41) is 2.26. The molecule has 0 radical (unpaired) electrons. The van der Waals surface area contributed by atoms with Crippen molar-refractivity contribution < 1.29 is 4.42 Å². The summed E-state index contributed by atoms with van der Waals surface area (Å²) >= 11 is 0. The number of hydrogen-bond donors (Lipinski definition) is 0. The summed E-state index contributed by atoms with van der Waals surface area (Å²) in [6.07, 6.45) is 0. The number of rotatable bonds is 9. The molecule has 0 amide bonds. The third-order valence-corrected chi connectivity index (χ3v) is 19.2. The van der Waals surface area contributed by atoms with Crippen LogP contribution < -0.4 is 0 Å². The summed E-state index contributed by atoms with van der Waals surface area (Å²) in [4.78, 5) is 0. The van der Waals surface area contributed by atoms with Crippen LogP contribution in [0.1, 0.15) is 128 Å². The van der Waals surface area contributed by atoms with Crippen LogP contribution in [0.15, 0.2) is 271 Å². The molecule has 0 unspecified atom stereocenters. The summed E-state index contributed by atoms with van der Waals surface area (Å²) in [6, 6.07) is 102. The zero-order valence-electron chi connectivity index (χ0n) is 54.3. The Labute approximate surface area is 533 Å². The topological polar surface area (TPSA) is 13.1 Å². The highest BCUT2D eigenvalue weighted by Crippen LogP contribution is 2.60. The molecule has 442 valence electrons. The van der Waals surface area contributed by atoms with Crippen LogP contribution in [0, 0.1) is 0 Å². The van der Waals surface area contributed by atoms with Crippen molar-refractivity contribution in [3.63, 3.8) is 0 Å². The highest BCUT2D eigenvalue weighted by Gasteiger charge is 2.48. The average Bonchev–Trinajstić information content (AvgIpc) is 1.51. The molecule has 0 spiro atoms. The van der Waals surface area contributed by atoms with E-state index in [0.29, 0.717) is 0 Å². The van der Waals surface area contributed by atoms with Gasteiger partial charge in [-0.3, -0.25) is 0 Å². The molecule has 13 aromatic rings. The number of hydrogen-bond acceptors (Lipinski definition) is 1. The number of benzene rings is 12. The van der Waals surface area contributed by atoms with Gasteiger partial charge in [0, 0.05) is 10.8 Å². The Morgan fingerprint density at radius 3 is 1.00 bits per heavy atom. The maximum Gasteiger partial charge on any atom is 0.136 e. The molecule has 0 atom stereocenters. The van der Waals surface area contributed by atoms with E-state index in [2.05, 4.69) is 350 Å². The van der Waals surface area contributed by atoms with Gasteiger partial charge in [0.25, 0.3) is 0 Å². The Bertz CT molecular complexity index is 4490. The fourth-order valence-corrected chi connectivity index (χ4v) is 14.0. The van der Waals surface area contributed by atoms with Crippen molar-refractivity contribution in [2.24, 2.45) is 0 Å². The Balaban J connectivity index is 1.03. The van der Waals surface area contributed by atoms with Crippen molar-refractivity contribution in [1.82, 2.24) is 0 Å². The van der Waals surface area contributed by atoms with Crippen LogP contribution in [-0.4, -0.2) is 0 Å². The fraction of sp³-hybridized carbons (Fsp3) is 0.191. The zero-order valence-corrected chi connectivity index (χ0v) is 54.3. The van der Waals surface area contributed by atoms with Crippen molar-refractivity contribution in [1.29, 1.82) is 0 Å². The first-order valence-electron chi connectivity index (χ1n) is 32.2. The lowest BCUT2D eigenvalue weighted by molar-refractivity contribution is 0.590. The third kappa shape index (κ3) is 10.5. The van der Waals surface area contributed by atoms with Gasteiger partial charge in [-0.2, -0.15) is 0 Å². The van der Waals surface area contributed by atoms with Crippen molar-refractivity contribution in [2.75, 3.05) is 0 Å². The van der Waals surface area contributed by atoms with Gasteiger partial charge in [0.15, 0.2) is 0 Å². The van der Waals surface area contributed by atoms with E-state index in [0.717, 1.165) is 44.2 Å². The summed E-state index contributed by atoms with van der Waals surface area (Å²) in [6.45, 7) is 27.5. The molecular weight excluding hydrogens is 1080 g/mol. The molecule has 14 rings (SSSR count). The molecule has 90 heavy (non-hydrogen) atoms. The molecule has 1 aliphatic carbocycles. The normalized spacial score (nSPS) is 13.2. The molecule has 0 saturated heterocycles. The molecule has 1 heteroatoms. The Morgan fingerprint density at radius 2 is 0.589 bits per heavy atom. The molecule has 0 bridgehead atoms. The van der Waals surface area contributed by atoms with Gasteiger partial charge in [-0.15, -0.1) is 0 Å². The second kappa shape index (κ2) is 21.9. The van der Waals surface area contributed by atoms with Gasteiger partial charge >= 0.3 is 0 Å². The zero-order chi connectivity index (χ0) is 62.5. The van der Waals surface area contributed by atoms with Crippen molar-refractivity contribution in [2.45, 2.75) is 110 Å². The quantitative estimate of drug-likeness (QED) is 0.140. The second-order valence-corrected chi connectivity index (χ2v) is 29.4. The minimum absolute atomic E-state index is 0.0386. The smallest absolute Gasteiger partial charge is 0.136 e. The SMILES string of the molecule is CC(C)(C)c1ccc(-c2cc(-c3ccc(C(C)(C)C)cc3)cc(-c3cccc(C4(c5cccc(-c6cc(-c7ccc(C(C)(C)C)cc7)cc(-c7ccc(C(C)(C)C)cc7)c6)c5)c5cc(-c6ccccc6)ccc5-c5c4ccc4oc6ccccc6c54)c3)c2)cc1. The van der Waals surface area contributed by atoms with Gasteiger partial charge in [-0.25, -0.2) is 0 Å². The van der Waals surface area contributed by atoms with Gasteiger partial charge in [-0.1, -0.05) is 283 Å². The van der Waals surface area contributed by atoms with E-state index in [1.807, 2.05) is 0 Å². The molecule has 0 fully saturated rings. The van der Waals surface area contributed by atoms with Crippen LogP contribution in [-0.2, 0) is 27.1 Å². The monoisotopic (exact) mass is 1160 g/mol. The predicted molar refractivity (Wildman–Crippen MR) is 384 cm³/mol. The summed E-state index contributed by atoms with van der Waals surface area (Å²) in [5.74, 6) is 0. The summed E-state index contributed by atoms with van der Waals surface area (Å²) in [5.41, 5.74) is 30.2. The molecule has 0 aliphatic heterocycles. The molecule has 1 aliphatic rings. The first-order chi connectivity index (χ1) is 43.1. The van der Waals surface area contributed by atoms with Gasteiger partial charge in [0.1, 0.15) is 11.2 Å². The van der Waals surface area contributed by atoms with Crippen LogP contribution in [0.5, 0.6) is 0 Å². The maximum absolute atomic E-state index is 6.80. The largest absolute Gasteiger partial charge is 0.456 e. The van der Waals surface area contributed by atoms with Gasteiger partial charge in [-0.05, 0) is 222 Å². The minimum Gasteiger partial charge on any atom is -0.456 e. The average molecular weight is 1170 g/mol. The molecule has 1 nitrogen and oxygen atoms in total. The van der Waals surface area contributed by atoms with E-state index in [9.17, 15) is 0 Å². The van der Waals surface area contributed by atoms with Crippen molar-refractivity contribution >= 4 is 21.9 Å². The molecule has 1 heterocycles. The third-order valence-electron chi connectivity index (χ3n) is 19.2. The number of para-hydroxylation sites is 1. The summed E-state index contributed by atoms with van der Waals surface area (Å²) in [7, 11) is 0. The predicted octanol–water partition coefficient (Wildman–Crippen LogP) is 24.8. The van der Waals surface area contributed by atoms with Crippen LogP contribution >= 0.6 is 0 Å². The molecule has 0 saturated carbocycles. The first-order valence-corrected chi connectivity index (χ1v) is 32.2. The van der Waals surface area contributed by atoms with E-state index in [1.165, 1.54) is 111 Å². The fourth-order valence-electron chi connectivity index (χ4n) is 14.0. The van der Waals surface area contributed by atoms with Gasteiger partial charge in [0.05, 0.1) is 5.41 Å². The lowest BCUT2D eigenvalue weighted by atomic mass is 9.66. The highest BCUT2D eigenvalue weighted by atomic mass is 16.3. The second-order valence-electron chi connectivity index (χ2n) is 29.4. The molecule has 0 N–H and O–H groups in total. The maximum atomic E-state index is 6.80. The van der Waals surface area contributed by atoms with Crippen LogP contribution in [0.2, 0.25) is 0 Å². The lowest BCUT2D eigenvalue weighted by Crippen LogP contribution is -2.28. The van der Waals surface area contributed by atoms with Gasteiger partial charge < -0.3 is 4.42 Å². The van der Waals surface area contributed by atoms with Crippen LogP contribution in [0.25, 0.3) is 111 Å². The van der Waals surface area contributed by atoms with Crippen molar-refractivity contribution in [3.8, 4) is 89.0 Å². The van der Waals surface area contributed by atoms with Gasteiger partial charge in [0.2, 0.25) is 0 Å². The Kier molecular flexibility index (Phi) is 14.1. The molecular formula is C89H80O. The van der Waals surface area contributed by atoms with E-state index in [-0.39, 0.29) is 21.7 Å². The van der Waals surface area contributed by atoms with Crippen molar-refractivity contribution in [3.05, 3.63) is 311 Å². The van der Waals surface area contributed by atoms with E-state index < -0.39 is 5.41 Å². The van der Waals surface area contributed by atoms with Crippen LogP contribution in [0.3, 0.4) is 0 Å². The Morgan fingerprint density at radius 1 is 0.244 bits per heavy atom. The minimum atomic E-state index is -0.813. The lowest BCUT2D eigenvalue weighted by Gasteiger charge is -2.35. The first kappa shape index (κ1) is 58.1. The molecule has 1 aromatic heterocycles. The van der Waals surface area contributed by atoms with E-state index in [4.69, 9.17) is 4.42 Å². The van der Waals surface area contributed by atoms with E-state index >= 15 is 0 Å².